The zero-order chi connectivity index (χ0) is 62.0. The van der Waals surface area contributed by atoms with Gasteiger partial charge in [0, 0.05) is 37.2 Å². The second kappa shape index (κ2) is 25.9. The largest absolute Gasteiger partial charge is 0.493 e. The highest BCUT2D eigenvalue weighted by Crippen LogP contribution is 2.58. The average molecular weight is 1190 g/mol. The van der Waals surface area contributed by atoms with Crippen LogP contribution in [0.15, 0.2) is 91.7 Å². The number of unbranched alkanes of at least 4 members (excludes halogenated alkanes) is 2. The normalized spacial score (nSPS) is 19.3. The van der Waals surface area contributed by atoms with E-state index in [2.05, 4.69) is 45.8 Å². The number of hydrogen-bond donors (Lipinski definition) is 1. The van der Waals surface area contributed by atoms with Crippen molar-refractivity contribution in [2.45, 2.75) is 163 Å². The van der Waals surface area contributed by atoms with Gasteiger partial charge in [-0.3, -0.25) is 24.1 Å². The Labute approximate surface area is 508 Å². The first kappa shape index (κ1) is 63.1. The summed E-state index contributed by atoms with van der Waals surface area (Å²) in [4.78, 5) is 90.8. The molecule has 460 valence electrons. The number of carbonyl (C=O) groups is 6. The second-order valence-electron chi connectivity index (χ2n) is 26.1. The van der Waals surface area contributed by atoms with Crippen LogP contribution in [-0.2, 0) is 36.5 Å². The van der Waals surface area contributed by atoms with E-state index in [0.29, 0.717) is 91.6 Å². The van der Waals surface area contributed by atoms with Crippen molar-refractivity contribution in [3.63, 3.8) is 0 Å². The van der Waals surface area contributed by atoms with Gasteiger partial charge in [0.05, 0.1) is 67.5 Å². The molecule has 1 saturated carbocycles. The van der Waals surface area contributed by atoms with Gasteiger partial charge in [-0.25, -0.2) is 14.5 Å². The van der Waals surface area contributed by atoms with Crippen molar-refractivity contribution < 1.29 is 56.9 Å². The lowest BCUT2D eigenvalue weighted by Crippen LogP contribution is -2.58. The molecule has 5 amide bonds. The van der Waals surface area contributed by atoms with Gasteiger partial charge in [0.1, 0.15) is 19.0 Å². The van der Waals surface area contributed by atoms with Crippen LogP contribution in [0.5, 0.6) is 17.2 Å². The van der Waals surface area contributed by atoms with E-state index in [9.17, 15) is 24.0 Å². The van der Waals surface area contributed by atoms with Crippen LogP contribution in [0, 0.1) is 31.1 Å². The molecule has 1 saturated heterocycles. The number of nitrogens with one attached hydrogen (secondary N) is 1. The molecule has 1 aliphatic carbocycles. The van der Waals surface area contributed by atoms with Crippen molar-refractivity contribution in [3.8, 4) is 17.2 Å². The number of amides is 5. The predicted octanol–water partition coefficient (Wildman–Crippen LogP) is 12.7. The molecule has 4 heterocycles. The number of rotatable bonds is 22. The molecule has 0 aromatic heterocycles. The van der Waals surface area contributed by atoms with Gasteiger partial charge in [-0.15, -0.1) is 0 Å². The van der Waals surface area contributed by atoms with Gasteiger partial charge in [-0.1, -0.05) is 108 Å². The van der Waals surface area contributed by atoms with E-state index in [0.717, 1.165) is 40.7 Å². The molecule has 2 fully saturated rings. The Bertz CT molecular complexity index is 3260. The number of nitrogens with zero attached hydrogens (tertiary/aromatic N) is 4. The number of aryl methyl sites for hydroxylation is 2. The minimum Gasteiger partial charge on any atom is -0.493 e. The van der Waals surface area contributed by atoms with Crippen LogP contribution < -0.4 is 29.3 Å². The van der Waals surface area contributed by atoms with Gasteiger partial charge in [0.15, 0.2) is 31.8 Å². The third-order valence-corrected chi connectivity index (χ3v) is 22.9. The maximum absolute atomic E-state index is 15.1. The summed E-state index contributed by atoms with van der Waals surface area (Å²) in [6.07, 6.45) is 6.68. The van der Waals surface area contributed by atoms with Crippen LogP contribution in [0.3, 0.4) is 0 Å². The van der Waals surface area contributed by atoms with Crippen LogP contribution in [0.2, 0.25) is 18.1 Å². The van der Waals surface area contributed by atoms with Crippen LogP contribution in [0.1, 0.15) is 142 Å². The molecule has 4 aliphatic heterocycles. The Balaban J connectivity index is 0.893. The Morgan fingerprint density at radius 1 is 0.802 bits per heavy atom. The maximum atomic E-state index is 15.1. The number of carbonyl (C=O) groups excluding carboxylic acids is 6. The van der Waals surface area contributed by atoms with Crippen molar-refractivity contribution in [1.29, 1.82) is 0 Å². The first-order valence-electron chi connectivity index (χ1n) is 30.5. The summed E-state index contributed by atoms with van der Waals surface area (Å²) < 4.78 is 37.8. The molecule has 4 aromatic carbocycles. The number of ether oxygens (including phenoxy) is 5. The number of anilines is 2. The molecule has 1 spiro atoms. The zero-order valence-corrected chi connectivity index (χ0v) is 53.3. The third kappa shape index (κ3) is 13.7. The molecule has 0 unspecified atom stereocenters. The quantitative estimate of drug-likeness (QED) is 0.0447. The minimum absolute atomic E-state index is 0.00220. The van der Waals surface area contributed by atoms with Crippen LogP contribution in [0.25, 0.3) is 5.57 Å². The smallest absolute Gasteiger partial charge is 0.416 e. The van der Waals surface area contributed by atoms with Crippen LogP contribution in [-0.4, -0.2) is 118 Å². The fraction of sp³-hybridized carbons (Fsp3) is 0.500. The molecular weight excluding hydrogens is 1110 g/mol. The average Bonchev–Trinajstić information content (AvgIpc) is 1.59. The van der Waals surface area contributed by atoms with Gasteiger partial charge < -0.3 is 43.2 Å². The number of methoxy groups -OCH3 is 1. The number of fused-ring (bicyclic) bond motifs is 4. The summed E-state index contributed by atoms with van der Waals surface area (Å²) >= 11 is 0. The molecule has 5 aliphatic rings. The summed E-state index contributed by atoms with van der Waals surface area (Å²) in [6, 6.07) is 21.0. The van der Waals surface area contributed by atoms with Crippen molar-refractivity contribution in [3.05, 3.63) is 131 Å². The molecular formula is C68H87N5O12Si. The molecule has 9 rings (SSSR count). The molecule has 1 N–H and O–H groups in total. The monoisotopic (exact) mass is 1190 g/mol. The summed E-state index contributed by atoms with van der Waals surface area (Å²) in [5, 5.41) is 2.63. The summed E-state index contributed by atoms with van der Waals surface area (Å²) in [5.41, 5.74) is 6.76. The van der Waals surface area contributed by atoms with E-state index in [-0.39, 0.29) is 83.6 Å². The SMILES string of the molecule is C=CCOC(=O)N1C[C@@H]2CC(c3ccc(C)cc3)=CN2C(=O)c2cc(OC)c(OCCCCCOc3cc4c(cc3C)C(=O)N3CC5(CC5)C[C@H]3[C@H](O[Si](C)(C)C(C)(C)C)N4C(=O)OCc3ccc(CC(=O)[C@H](C)NC(=O)[C@@H](C)C(C)C)cc3)cc21. The highest BCUT2D eigenvalue weighted by molar-refractivity contribution is 6.74. The number of benzene rings is 4. The Hall–Kier alpha value is -7.44. The molecule has 86 heavy (non-hydrogen) atoms. The van der Waals surface area contributed by atoms with Crippen LogP contribution in [0.4, 0.5) is 21.0 Å². The summed E-state index contributed by atoms with van der Waals surface area (Å²) in [7, 11) is -1.11. The molecule has 0 bridgehead atoms. The van der Waals surface area contributed by atoms with E-state index in [1.54, 1.807) is 34.9 Å². The van der Waals surface area contributed by atoms with Crippen molar-refractivity contribution in [2.24, 2.45) is 17.3 Å². The number of hydrogen-bond acceptors (Lipinski definition) is 12. The van der Waals surface area contributed by atoms with E-state index >= 15 is 4.79 Å². The van der Waals surface area contributed by atoms with E-state index in [4.69, 9.17) is 28.1 Å². The fourth-order valence-corrected chi connectivity index (χ4v) is 12.7. The van der Waals surface area contributed by atoms with Gasteiger partial charge in [-0.2, -0.15) is 0 Å². The van der Waals surface area contributed by atoms with Crippen molar-refractivity contribution in [1.82, 2.24) is 15.1 Å². The highest BCUT2D eigenvalue weighted by Gasteiger charge is 2.60. The van der Waals surface area contributed by atoms with E-state index in [1.165, 1.54) is 18.1 Å². The molecule has 4 aromatic rings. The van der Waals surface area contributed by atoms with Gasteiger partial charge in [0.25, 0.3) is 11.8 Å². The first-order valence-corrected chi connectivity index (χ1v) is 33.4. The Morgan fingerprint density at radius 3 is 2.09 bits per heavy atom. The Morgan fingerprint density at radius 2 is 1.45 bits per heavy atom. The zero-order valence-electron chi connectivity index (χ0n) is 52.3. The molecule has 0 radical (unpaired) electrons. The number of ketones is 1. The van der Waals surface area contributed by atoms with Gasteiger partial charge in [-0.05, 0) is 135 Å². The lowest BCUT2D eigenvalue weighted by Gasteiger charge is -2.44. The lowest BCUT2D eigenvalue weighted by atomic mass is 9.96. The summed E-state index contributed by atoms with van der Waals surface area (Å²) in [6.45, 7) is 27.3. The standard InChI is InChI=1S/C68H87N5O12Si/c1-14-28-83-65(78)71-39-51-33-50(49-24-18-43(4)19-25-49)38-70(51)62(76)53-34-59(80-11)60(35-54(53)71)82-30-17-15-16-29-81-58-36-55-52(31-44(58)5)63(77)72-41-68(26-27-68)37-56(72)64(85-86(12,13)67(8,9)10)73(55)66(79)84-40-48-22-20-47(21-23-48)32-57(74)46(7)69-61(75)45(6)42(2)3/h14,18-25,31,34-36,38,42,45-46,51,56,64H,1,15-17,26-30,32-33,37,39-41H2,2-13H3,(H,69,75)/t45-,46-,51-,56-,64-/m0/s1. The Kier molecular flexibility index (Phi) is 19.0. The third-order valence-electron chi connectivity index (χ3n) is 18.4. The highest BCUT2D eigenvalue weighted by atomic mass is 28.4. The molecule has 17 nitrogen and oxygen atoms in total. The maximum Gasteiger partial charge on any atom is 0.416 e. The number of Topliss-reactive ketones (excluding diaryl/α,β-unsaturated/α-hetero) is 1. The molecule has 18 heteroatoms. The van der Waals surface area contributed by atoms with Crippen LogP contribution >= 0.6 is 0 Å². The predicted molar refractivity (Wildman–Crippen MR) is 334 cm³/mol. The van der Waals surface area contributed by atoms with E-state index in [1.807, 2.05) is 100 Å². The summed E-state index contributed by atoms with van der Waals surface area (Å²) in [5.74, 6) is 0.505. The first-order chi connectivity index (χ1) is 40.8. The topological polar surface area (TPSA) is 183 Å². The second-order valence-corrected chi connectivity index (χ2v) is 30.9. The van der Waals surface area contributed by atoms with Crippen molar-refractivity contribution >= 4 is 61.0 Å². The van der Waals surface area contributed by atoms with Gasteiger partial charge in [0.2, 0.25) is 5.91 Å². The van der Waals surface area contributed by atoms with Gasteiger partial charge >= 0.3 is 12.2 Å². The molecule has 5 atom stereocenters. The van der Waals surface area contributed by atoms with E-state index < -0.39 is 38.8 Å². The lowest BCUT2D eigenvalue weighted by molar-refractivity contribution is -0.130. The minimum atomic E-state index is -2.62. The fourth-order valence-electron chi connectivity index (χ4n) is 11.4. The van der Waals surface area contributed by atoms with Crippen molar-refractivity contribution in [2.75, 3.05) is 49.8 Å².